The van der Waals surface area contributed by atoms with E-state index in [1.807, 2.05) is 42.7 Å². The van der Waals surface area contributed by atoms with Crippen LogP contribution in [0, 0.1) is 12.8 Å². The second kappa shape index (κ2) is 11.3. The number of carbonyl (C=O) groups excluding carboxylic acids is 1. The Hall–Kier alpha value is -2.34. The van der Waals surface area contributed by atoms with Crippen molar-refractivity contribution in [1.29, 1.82) is 0 Å². The Kier molecular flexibility index (Phi) is 8.52. The standard InChI is InChI=1S/C25H32ClN3O2/c1-4-29-16-23(27-28-29)12-13-24(21-11-10-18(2)22(14-21)15-26)19(3)25(30)31-17-20-8-6-5-7-9-20/h5-11,14,16,19,24,27-28H,4,12-13,15,17H2,1-3H3/p+1. The number of alkyl halides is 1. The lowest BCUT2D eigenvalue weighted by Crippen LogP contribution is -2.90. The summed E-state index contributed by atoms with van der Waals surface area (Å²) in [7, 11) is 0. The second-order valence-electron chi connectivity index (χ2n) is 8.11. The molecule has 2 aromatic carbocycles. The molecule has 31 heavy (non-hydrogen) atoms. The van der Waals surface area contributed by atoms with Gasteiger partial charge in [-0.05, 0) is 48.4 Å². The number of esters is 1. The van der Waals surface area contributed by atoms with E-state index in [9.17, 15) is 4.79 Å². The van der Waals surface area contributed by atoms with Crippen LogP contribution in [0.3, 0.4) is 0 Å². The summed E-state index contributed by atoms with van der Waals surface area (Å²) < 4.78 is 5.67. The van der Waals surface area contributed by atoms with Gasteiger partial charge in [0.25, 0.3) is 0 Å². The number of quaternary nitrogens is 1. The Morgan fingerprint density at radius 1 is 1.23 bits per heavy atom. The lowest BCUT2D eigenvalue weighted by atomic mass is 9.82. The monoisotopic (exact) mass is 442 g/mol. The number of nitrogens with zero attached hydrogens (tertiary/aromatic N) is 1. The SMILES string of the molecule is CCN1C=C(CCC(c2ccc(C)c(CCl)c2)C(C)C(=O)OCc2ccccc2)[NH2+]N1. The van der Waals surface area contributed by atoms with Gasteiger partial charge in [-0.1, -0.05) is 61.0 Å². The summed E-state index contributed by atoms with van der Waals surface area (Å²) in [6, 6.07) is 16.2. The summed E-state index contributed by atoms with van der Waals surface area (Å²) in [5.41, 5.74) is 10.9. The fourth-order valence-corrected chi connectivity index (χ4v) is 4.17. The number of halogens is 1. The Morgan fingerprint density at radius 2 is 2.00 bits per heavy atom. The van der Waals surface area contributed by atoms with Crippen LogP contribution in [0.5, 0.6) is 0 Å². The molecule has 6 heteroatoms. The molecule has 3 rings (SSSR count). The van der Waals surface area contributed by atoms with Crippen LogP contribution < -0.4 is 11.0 Å². The number of carbonyl (C=O) groups is 1. The first-order valence-corrected chi connectivity index (χ1v) is 11.5. The molecule has 0 saturated heterocycles. The molecule has 0 bridgehead atoms. The molecular formula is C25H33ClN3O2+. The maximum absolute atomic E-state index is 13.0. The summed E-state index contributed by atoms with van der Waals surface area (Å²) >= 11 is 6.16. The van der Waals surface area contributed by atoms with Crippen LogP contribution in [-0.2, 0) is 22.0 Å². The van der Waals surface area contributed by atoms with Crippen molar-refractivity contribution in [2.45, 2.75) is 52.0 Å². The molecule has 0 aromatic heterocycles. The highest BCUT2D eigenvalue weighted by Gasteiger charge is 2.28. The van der Waals surface area contributed by atoms with Gasteiger partial charge in [-0.3, -0.25) is 9.80 Å². The van der Waals surface area contributed by atoms with Crippen molar-refractivity contribution in [2.75, 3.05) is 6.54 Å². The third-order valence-corrected chi connectivity index (χ3v) is 6.25. The van der Waals surface area contributed by atoms with E-state index in [0.717, 1.165) is 36.1 Å². The summed E-state index contributed by atoms with van der Waals surface area (Å²) in [4.78, 5) is 13.0. The highest BCUT2D eigenvalue weighted by molar-refractivity contribution is 6.17. The zero-order valence-electron chi connectivity index (χ0n) is 18.6. The van der Waals surface area contributed by atoms with Crippen molar-refractivity contribution in [2.24, 2.45) is 5.92 Å². The van der Waals surface area contributed by atoms with Gasteiger partial charge >= 0.3 is 5.97 Å². The Balaban J connectivity index is 1.74. The van der Waals surface area contributed by atoms with Gasteiger partial charge in [0, 0.05) is 18.8 Å². The minimum atomic E-state index is -0.258. The van der Waals surface area contributed by atoms with Crippen molar-refractivity contribution >= 4 is 17.6 Å². The van der Waals surface area contributed by atoms with E-state index >= 15 is 0 Å². The number of aryl methyl sites for hydroxylation is 1. The second-order valence-corrected chi connectivity index (χ2v) is 8.38. The van der Waals surface area contributed by atoms with Gasteiger partial charge in [0.15, 0.2) is 0 Å². The van der Waals surface area contributed by atoms with Crippen molar-refractivity contribution in [3.63, 3.8) is 0 Å². The molecule has 0 radical (unpaired) electrons. The fourth-order valence-electron chi connectivity index (χ4n) is 3.88. The van der Waals surface area contributed by atoms with Crippen LogP contribution in [0.15, 0.2) is 60.4 Å². The van der Waals surface area contributed by atoms with Gasteiger partial charge in [-0.25, -0.2) is 5.43 Å². The van der Waals surface area contributed by atoms with Crippen LogP contribution in [0.4, 0.5) is 0 Å². The first-order chi connectivity index (χ1) is 15.0. The normalized spacial score (nSPS) is 15.5. The Bertz CT molecular complexity index is 901. The largest absolute Gasteiger partial charge is 0.461 e. The topological polar surface area (TPSA) is 58.2 Å². The minimum absolute atomic E-state index is 0.0517. The van der Waals surface area contributed by atoms with Gasteiger partial charge in [0.05, 0.1) is 12.1 Å². The molecule has 0 amide bonds. The predicted molar refractivity (Wildman–Crippen MR) is 124 cm³/mol. The predicted octanol–water partition coefficient (Wildman–Crippen LogP) is 4.14. The van der Waals surface area contributed by atoms with Gasteiger partial charge in [0.1, 0.15) is 12.3 Å². The van der Waals surface area contributed by atoms with Gasteiger partial charge in [-0.15, -0.1) is 11.6 Å². The van der Waals surface area contributed by atoms with Gasteiger partial charge < -0.3 is 4.74 Å². The summed E-state index contributed by atoms with van der Waals surface area (Å²) in [5, 5.41) is 2.05. The molecular weight excluding hydrogens is 410 g/mol. The maximum Gasteiger partial charge on any atom is 0.309 e. The lowest BCUT2D eigenvalue weighted by molar-refractivity contribution is -0.678. The molecule has 2 unspecified atom stereocenters. The highest BCUT2D eigenvalue weighted by atomic mass is 35.5. The van der Waals surface area contributed by atoms with E-state index in [1.54, 1.807) is 0 Å². The summed E-state index contributed by atoms with van der Waals surface area (Å²) in [5.74, 6) is 0.0928. The van der Waals surface area contributed by atoms with Crippen LogP contribution in [0.2, 0.25) is 0 Å². The number of allylic oxidation sites excluding steroid dienone is 1. The van der Waals surface area contributed by atoms with Gasteiger partial charge in [-0.2, -0.15) is 0 Å². The summed E-state index contributed by atoms with van der Waals surface area (Å²) in [6.45, 7) is 7.35. The number of nitrogens with two attached hydrogens (primary N) is 1. The van der Waals surface area contributed by atoms with E-state index in [0.29, 0.717) is 12.5 Å². The van der Waals surface area contributed by atoms with Crippen molar-refractivity contribution in [1.82, 2.24) is 10.5 Å². The van der Waals surface area contributed by atoms with Crippen molar-refractivity contribution < 1.29 is 15.0 Å². The van der Waals surface area contributed by atoms with Crippen LogP contribution in [0.25, 0.3) is 0 Å². The number of hydrogen-bond acceptors (Lipinski definition) is 4. The molecule has 0 saturated carbocycles. The zero-order valence-corrected chi connectivity index (χ0v) is 19.4. The zero-order chi connectivity index (χ0) is 22.2. The van der Waals surface area contributed by atoms with E-state index < -0.39 is 0 Å². The van der Waals surface area contributed by atoms with Crippen LogP contribution >= 0.6 is 11.6 Å². The van der Waals surface area contributed by atoms with Crippen LogP contribution in [0.1, 0.15) is 54.9 Å². The Morgan fingerprint density at radius 3 is 2.68 bits per heavy atom. The number of ether oxygens (including phenoxy) is 1. The molecule has 5 nitrogen and oxygen atoms in total. The first-order valence-electron chi connectivity index (χ1n) is 10.9. The number of nitrogens with one attached hydrogen (secondary N) is 1. The molecule has 2 aromatic rings. The average molecular weight is 443 g/mol. The van der Waals surface area contributed by atoms with E-state index in [2.05, 4.69) is 48.8 Å². The van der Waals surface area contributed by atoms with Crippen molar-refractivity contribution in [3.05, 3.63) is 82.7 Å². The van der Waals surface area contributed by atoms with E-state index in [1.165, 1.54) is 11.3 Å². The number of rotatable bonds is 10. The van der Waals surface area contributed by atoms with E-state index in [-0.39, 0.29) is 17.8 Å². The quantitative estimate of drug-likeness (QED) is 0.330. The number of benzene rings is 2. The third kappa shape index (κ3) is 6.33. The van der Waals surface area contributed by atoms with Gasteiger partial charge in [0.2, 0.25) is 0 Å². The van der Waals surface area contributed by atoms with Crippen molar-refractivity contribution in [3.8, 4) is 0 Å². The molecule has 0 aliphatic carbocycles. The average Bonchev–Trinajstić information content (AvgIpc) is 3.27. The smallest absolute Gasteiger partial charge is 0.309 e. The molecule has 166 valence electrons. The minimum Gasteiger partial charge on any atom is -0.461 e. The highest BCUT2D eigenvalue weighted by Crippen LogP contribution is 2.33. The number of hydrogen-bond donors (Lipinski definition) is 2. The summed E-state index contributed by atoms with van der Waals surface area (Å²) in [6.07, 6.45) is 3.87. The Labute approximate surface area is 190 Å². The molecule has 1 aliphatic heterocycles. The third-order valence-electron chi connectivity index (χ3n) is 5.97. The molecule has 0 fully saturated rings. The van der Waals surface area contributed by atoms with Crippen LogP contribution in [-0.4, -0.2) is 17.5 Å². The fraction of sp³-hybridized carbons (Fsp3) is 0.400. The number of hydrazine groups is 1. The maximum atomic E-state index is 13.0. The van der Waals surface area contributed by atoms with E-state index in [4.69, 9.17) is 16.3 Å². The first kappa shape index (κ1) is 23.3. The molecule has 1 heterocycles. The molecule has 0 spiro atoms. The molecule has 3 N–H and O–H groups in total. The molecule has 2 atom stereocenters. The lowest BCUT2D eigenvalue weighted by Gasteiger charge is -2.24. The molecule has 1 aliphatic rings.